The zero-order valence-electron chi connectivity index (χ0n) is 11.7. The van der Waals surface area contributed by atoms with Crippen LogP contribution in [0.2, 0.25) is 0 Å². The van der Waals surface area contributed by atoms with Crippen molar-refractivity contribution in [1.29, 1.82) is 0 Å². The molecule has 4 heteroatoms. The lowest BCUT2D eigenvalue weighted by Crippen LogP contribution is -2.38. The molecule has 1 aromatic heterocycles. The van der Waals surface area contributed by atoms with Gasteiger partial charge in [-0.05, 0) is 43.9 Å². The summed E-state index contributed by atoms with van der Waals surface area (Å²) in [6, 6.07) is 6.82. The Morgan fingerprint density at radius 2 is 2.00 bits per heavy atom. The summed E-state index contributed by atoms with van der Waals surface area (Å²) >= 11 is 1.69. The molecule has 0 saturated carbocycles. The fourth-order valence-corrected chi connectivity index (χ4v) is 2.78. The highest BCUT2D eigenvalue weighted by molar-refractivity contribution is 7.09. The number of aromatic nitrogens is 1. The molecule has 0 radical (unpaired) electrons. The summed E-state index contributed by atoms with van der Waals surface area (Å²) in [5.41, 5.74) is 8.01. The van der Waals surface area contributed by atoms with Gasteiger partial charge in [-0.2, -0.15) is 0 Å². The molecule has 0 spiro atoms. The molecular formula is C15H21N3S. The molecule has 19 heavy (non-hydrogen) atoms. The van der Waals surface area contributed by atoms with Gasteiger partial charge >= 0.3 is 0 Å². The molecule has 0 saturated heterocycles. The second kappa shape index (κ2) is 6.28. The molecule has 0 aliphatic carbocycles. The first-order valence-corrected chi connectivity index (χ1v) is 7.39. The third-order valence-corrected chi connectivity index (χ3v) is 4.23. The van der Waals surface area contributed by atoms with Crippen LogP contribution in [0.3, 0.4) is 0 Å². The Hall–Kier alpha value is -1.23. The van der Waals surface area contributed by atoms with E-state index in [4.69, 9.17) is 5.84 Å². The van der Waals surface area contributed by atoms with Crippen molar-refractivity contribution < 1.29 is 0 Å². The Balaban J connectivity index is 2.04. The molecule has 1 atom stereocenters. The molecule has 102 valence electrons. The smallest absolute Gasteiger partial charge is 0.0897 e. The van der Waals surface area contributed by atoms with Crippen LogP contribution in [0.4, 0.5) is 0 Å². The number of benzene rings is 1. The van der Waals surface area contributed by atoms with Crippen molar-refractivity contribution in [3.05, 3.63) is 51.0 Å². The number of nitrogens with two attached hydrogens (primary N) is 1. The summed E-state index contributed by atoms with van der Waals surface area (Å²) in [6.45, 7) is 6.31. The maximum absolute atomic E-state index is 5.67. The molecule has 1 unspecified atom stereocenters. The quantitative estimate of drug-likeness (QED) is 0.651. The first-order valence-electron chi connectivity index (χ1n) is 6.51. The van der Waals surface area contributed by atoms with Gasteiger partial charge in [0.1, 0.15) is 0 Å². The summed E-state index contributed by atoms with van der Waals surface area (Å²) < 4.78 is 0. The third kappa shape index (κ3) is 3.86. The Bertz CT molecular complexity index is 548. The molecule has 0 aliphatic rings. The van der Waals surface area contributed by atoms with Crippen LogP contribution in [0.1, 0.15) is 27.4 Å². The van der Waals surface area contributed by atoms with Crippen molar-refractivity contribution in [3.8, 4) is 0 Å². The lowest BCUT2D eigenvalue weighted by atomic mass is 9.99. The monoisotopic (exact) mass is 275 g/mol. The molecule has 0 amide bonds. The predicted octanol–water partition coefficient (Wildman–Crippen LogP) is 2.69. The van der Waals surface area contributed by atoms with Crippen LogP contribution in [0.5, 0.6) is 0 Å². The minimum atomic E-state index is 0.226. The van der Waals surface area contributed by atoms with Crippen molar-refractivity contribution >= 4 is 11.3 Å². The van der Waals surface area contributed by atoms with E-state index in [-0.39, 0.29) is 6.04 Å². The lowest BCUT2D eigenvalue weighted by molar-refractivity contribution is 0.518. The van der Waals surface area contributed by atoms with Crippen LogP contribution >= 0.6 is 11.3 Å². The molecule has 1 heterocycles. The summed E-state index contributed by atoms with van der Waals surface area (Å²) in [6.07, 6.45) is 1.79. The molecular weight excluding hydrogens is 254 g/mol. The first-order chi connectivity index (χ1) is 9.08. The maximum atomic E-state index is 5.67. The highest BCUT2D eigenvalue weighted by Gasteiger charge is 2.11. The zero-order chi connectivity index (χ0) is 13.8. The van der Waals surface area contributed by atoms with Crippen LogP contribution in [0.15, 0.2) is 23.6 Å². The van der Waals surface area contributed by atoms with Crippen molar-refractivity contribution in [2.24, 2.45) is 5.84 Å². The van der Waals surface area contributed by atoms with Crippen LogP contribution in [0, 0.1) is 20.8 Å². The lowest BCUT2D eigenvalue weighted by Gasteiger charge is -2.15. The Labute approximate surface area is 118 Å². The summed E-state index contributed by atoms with van der Waals surface area (Å²) in [5.74, 6) is 5.67. The molecule has 2 rings (SSSR count). The number of nitrogens with one attached hydrogen (secondary N) is 1. The number of aryl methyl sites for hydroxylation is 3. The van der Waals surface area contributed by atoms with E-state index in [1.807, 2.05) is 6.92 Å². The molecule has 0 fully saturated rings. The van der Waals surface area contributed by atoms with E-state index < -0.39 is 0 Å². The van der Waals surface area contributed by atoms with Gasteiger partial charge < -0.3 is 0 Å². The fourth-order valence-electron chi connectivity index (χ4n) is 2.16. The zero-order valence-corrected chi connectivity index (χ0v) is 12.6. The molecule has 0 bridgehead atoms. The number of rotatable bonds is 5. The Morgan fingerprint density at radius 1 is 1.21 bits per heavy atom. The molecule has 3 nitrogen and oxygen atoms in total. The second-order valence-electron chi connectivity index (χ2n) is 5.05. The van der Waals surface area contributed by atoms with Crippen LogP contribution < -0.4 is 11.3 Å². The Kier molecular flexibility index (Phi) is 4.69. The largest absolute Gasteiger partial charge is 0.271 e. The van der Waals surface area contributed by atoms with Gasteiger partial charge in [0.05, 0.1) is 10.7 Å². The maximum Gasteiger partial charge on any atom is 0.0897 e. The van der Waals surface area contributed by atoms with Crippen molar-refractivity contribution in [1.82, 2.24) is 10.4 Å². The van der Waals surface area contributed by atoms with Gasteiger partial charge in [0.15, 0.2) is 0 Å². The third-order valence-electron chi connectivity index (χ3n) is 3.41. The van der Waals surface area contributed by atoms with E-state index in [9.17, 15) is 0 Å². The van der Waals surface area contributed by atoms with Crippen molar-refractivity contribution in [3.63, 3.8) is 0 Å². The average Bonchev–Trinajstić information content (AvgIpc) is 2.78. The van der Waals surface area contributed by atoms with Gasteiger partial charge in [-0.3, -0.25) is 11.3 Å². The summed E-state index contributed by atoms with van der Waals surface area (Å²) in [4.78, 5) is 4.49. The van der Waals surface area contributed by atoms with Crippen LogP contribution in [-0.4, -0.2) is 11.0 Å². The molecule has 0 aliphatic heterocycles. The van der Waals surface area contributed by atoms with E-state index in [1.165, 1.54) is 16.7 Å². The molecule has 3 N–H and O–H groups in total. The average molecular weight is 275 g/mol. The van der Waals surface area contributed by atoms with Crippen molar-refractivity contribution in [2.45, 2.75) is 39.7 Å². The van der Waals surface area contributed by atoms with E-state index in [0.29, 0.717) is 0 Å². The van der Waals surface area contributed by atoms with Gasteiger partial charge in [-0.15, -0.1) is 11.3 Å². The highest BCUT2D eigenvalue weighted by Crippen LogP contribution is 2.14. The topological polar surface area (TPSA) is 50.9 Å². The first kappa shape index (κ1) is 14.2. The number of hydrazine groups is 1. The van der Waals surface area contributed by atoms with E-state index in [2.05, 4.69) is 47.8 Å². The standard InChI is InChI=1S/C15H21N3S/c1-10-4-5-13(6-11(10)2)7-14(18-16)8-15-9-19-12(3)17-15/h4-6,9,14,18H,7-8,16H2,1-3H3. The number of hydrogen-bond donors (Lipinski definition) is 2. The SMILES string of the molecule is Cc1nc(CC(Cc2ccc(C)c(C)c2)NN)cs1. The van der Waals surface area contributed by atoms with Gasteiger partial charge in [0.2, 0.25) is 0 Å². The Morgan fingerprint density at radius 3 is 2.58 bits per heavy atom. The fraction of sp³-hybridized carbons (Fsp3) is 0.400. The minimum Gasteiger partial charge on any atom is -0.271 e. The van der Waals surface area contributed by atoms with Crippen molar-refractivity contribution in [2.75, 3.05) is 0 Å². The van der Waals surface area contributed by atoms with E-state index >= 15 is 0 Å². The van der Waals surface area contributed by atoms with Crippen LogP contribution in [-0.2, 0) is 12.8 Å². The predicted molar refractivity (Wildman–Crippen MR) is 81.3 cm³/mol. The summed E-state index contributed by atoms with van der Waals surface area (Å²) in [5, 5.41) is 3.22. The van der Waals surface area contributed by atoms with Gasteiger partial charge in [0, 0.05) is 17.8 Å². The number of thiazole rings is 1. The second-order valence-corrected chi connectivity index (χ2v) is 6.11. The van der Waals surface area contributed by atoms with E-state index in [1.54, 1.807) is 11.3 Å². The number of hydrogen-bond acceptors (Lipinski definition) is 4. The van der Waals surface area contributed by atoms with Crippen LogP contribution in [0.25, 0.3) is 0 Å². The normalized spacial score (nSPS) is 12.6. The highest BCUT2D eigenvalue weighted by atomic mass is 32.1. The minimum absolute atomic E-state index is 0.226. The molecule has 1 aromatic carbocycles. The van der Waals surface area contributed by atoms with Gasteiger partial charge in [-0.25, -0.2) is 4.98 Å². The van der Waals surface area contributed by atoms with Gasteiger partial charge in [-0.1, -0.05) is 18.2 Å². The molecule has 2 aromatic rings. The van der Waals surface area contributed by atoms with E-state index in [0.717, 1.165) is 23.5 Å². The summed E-state index contributed by atoms with van der Waals surface area (Å²) in [7, 11) is 0. The number of nitrogens with zero attached hydrogens (tertiary/aromatic N) is 1. The van der Waals surface area contributed by atoms with Gasteiger partial charge in [0.25, 0.3) is 0 Å².